The minimum Gasteiger partial charge on any atom is -0.355 e. The molecule has 2 aliphatic rings. The number of carbonyl (C=O) groups excluding carboxylic acids is 1. The molecule has 3 rings (SSSR count). The van der Waals surface area contributed by atoms with Crippen molar-refractivity contribution >= 4 is 11.6 Å². The van der Waals surface area contributed by atoms with Gasteiger partial charge in [-0.05, 0) is 30.9 Å². The van der Waals surface area contributed by atoms with Crippen LogP contribution in [0.2, 0.25) is 0 Å². The molecule has 1 atom stereocenters. The van der Waals surface area contributed by atoms with Crippen LogP contribution in [0.5, 0.6) is 0 Å². The summed E-state index contributed by atoms with van der Waals surface area (Å²) < 4.78 is 14.4. The van der Waals surface area contributed by atoms with Gasteiger partial charge in [-0.1, -0.05) is 19.1 Å². The summed E-state index contributed by atoms with van der Waals surface area (Å²) in [5.41, 5.74) is 1.53. The van der Waals surface area contributed by atoms with Gasteiger partial charge in [0.25, 0.3) is 0 Å². The molecule has 0 aromatic heterocycles. The van der Waals surface area contributed by atoms with Crippen LogP contribution >= 0.6 is 0 Å². The van der Waals surface area contributed by atoms with Crippen LogP contribution < -0.4 is 15.5 Å². The zero-order chi connectivity index (χ0) is 14.8. The molecule has 21 heavy (non-hydrogen) atoms. The number of piperazine rings is 1. The number of hydrogen-bond acceptors (Lipinski definition) is 3. The maximum absolute atomic E-state index is 14.4. The Morgan fingerprint density at radius 2 is 2.24 bits per heavy atom. The zero-order valence-corrected chi connectivity index (χ0v) is 12.4. The first-order chi connectivity index (χ1) is 10.2. The summed E-state index contributed by atoms with van der Waals surface area (Å²) in [6.45, 7) is 3.85. The third-order valence-electron chi connectivity index (χ3n) is 4.23. The fourth-order valence-electron chi connectivity index (χ4n) is 2.95. The Kier molecular flexibility index (Phi) is 4.10. The Labute approximate surface area is 124 Å². The van der Waals surface area contributed by atoms with E-state index in [-0.39, 0.29) is 17.8 Å². The molecular weight excluding hydrogens is 269 g/mol. The molecule has 1 aliphatic carbocycles. The number of benzene rings is 1. The first kappa shape index (κ1) is 14.3. The third-order valence-corrected chi connectivity index (χ3v) is 4.23. The van der Waals surface area contributed by atoms with Crippen molar-refractivity contribution < 1.29 is 9.18 Å². The number of hydrogen-bond donors (Lipinski definition) is 2. The van der Waals surface area contributed by atoms with Crippen LogP contribution in [0.1, 0.15) is 31.7 Å². The molecule has 0 spiro atoms. The van der Waals surface area contributed by atoms with Crippen molar-refractivity contribution in [2.75, 3.05) is 18.0 Å². The molecule has 0 bridgehead atoms. The summed E-state index contributed by atoms with van der Waals surface area (Å²) in [4.78, 5) is 13.9. The molecule has 1 heterocycles. The molecule has 1 aliphatic heterocycles. The van der Waals surface area contributed by atoms with Crippen molar-refractivity contribution in [3.05, 3.63) is 29.6 Å². The van der Waals surface area contributed by atoms with E-state index in [0.29, 0.717) is 37.8 Å². The third kappa shape index (κ3) is 3.02. The number of anilines is 1. The number of nitrogens with one attached hydrogen (secondary N) is 2. The van der Waals surface area contributed by atoms with E-state index >= 15 is 0 Å². The molecule has 5 heteroatoms. The van der Waals surface area contributed by atoms with Crippen molar-refractivity contribution in [3.63, 3.8) is 0 Å². The summed E-state index contributed by atoms with van der Waals surface area (Å²) in [5, 5.41) is 6.29. The molecule has 4 nitrogen and oxygen atoms in total. The summed E-state index contributed by atoms with van der Waals surface area (Å²) in [7, 11) is 0. The van der Waals surface area contributed by atoms with Crippen LogP contribution in [0.15, 0.2) is 18.2 Å². The van der Waals surface area contributed by atoms with E-state index in [4.69, 9.17) is 0 Å². The van der Waals surface area contributed by atoms with Gasteiger partial charge in [0.15, 0.2) is 0 Å². The van der Waals surface area contributed by atoms with Crippen LogP contribution in [0.4, 0.5) is 10.1 Å². The highest BCUT2D eigenvalue weighted by Crippen LogP contribution is 2.29. The number of rotatable bonds is 5. The van der Waals surface area contributed by atoms with E-state index in [0.717, 1.165) is 5.56 Å². The van der Waals surface area contributed by atoms with Gasteiger partial charge < -0.3 is 15.5 Å². The molecule has 114 valence electrons. The van der Waals surface area contributed by atoms with Gasteiger partial charge >= 0.3 is 0 Å². The van der Waals surface area contributed by atoms with E-state index in [1.807, 2.05) is 17.9 Å². The van der Waals surface area contributed by atoms with Crippen LogP contribution in [-0.4, -0.2) is 31.1 Å². The van der Waals surface area contributed by atoms with E-state index in [1.54, 1.807) is 6.07 Å². The lowest BCUT2D eigenvalue weighted by atomic mass is 10.0. The quantitative estimate of drug-likeness (QED) is 0.869. The highest BCUT2D eigenvalue weighted by Gasteiger charge is 2.31. The number of nitrogens with zero attached hydrogens (tertiary/aromatic N) is 1. The van der Waals surface area contributed by atoms with Crippen molar-refractivity contribution in [3.8, 4) is 0 Å². The number of carbonyl (C=O) groups is 1. The second kappa shape index (κ2) is 6.02. The Morgan fingerprint density at radius 1 is 1.43 bits per heavy atom. The standard InChI is InChI=1S/C16H22FN3O/c1-2-14-16(21)18-8-9-20(14)15-11(4-3-5-13(15)17)10-19-12-6-7-12/h3-5,12,14,19H,2,6-10H2,1H3,(H,18,21). The summed E-state index contributed by atoms with van der Waals surface area (Å²) >= 11 is 0. The van der Waals surface area contributed by atoms with Crippen molar-refractivity contribution in [2.45, 2.75) is 44.8 Å². The molecule has 1 aromatic carbocycles. The van der Waals surface area contributed by atoms with Gasteiger partial charge in [-0.3, -0.25) is 4.79 Å². The second-order valence-corrected chi connectivity index (χ2v) is 5.81. The van der Waals surface area contributed by atoms with E-state index in [9.17, 15) is 9.18 Å². The van der Waals surface area contributed by atoms with Gasteiger partial charge in [0.05, 0.1) is 5.69 Å². The van der Waals surface area contributed by atoms with Crippen LogP contribution in [0, 0.1) is 5.82 Å². The van der Waals surface area contributed by atoms with Crippen LogP contribution in [0.25, 0.3) is 0 Å². The fraction of sp³-hybridized carbons (Fsp3) is 0.562. The van der Waals surface area contributed by atoms with Crippen molar-refractivity contribution in [2.24, 2.45) is 0 Å². The summed E-state index contributed by atoms with van der Waals surface area (Å²) in [6, 6.07) is 5.47. The fourth-order valence-corrected chi connectivity index (χ4v) is 2.95. The lowest BCUT2D eigenvalue weighted by molar-refractivity contribution is -0.123. The van der Waals surface area contributed by atoms with Crippen molar-refractivity contribution in [1.82, 2.24) is 10.6 Å². The molecule has 1 saturated heterocycles. The first-order valence-electron chi connectivity index (χ1n) is 7.76. The van der Waals surface area contributed by atoms with Crippen LogP contribution in [-0.2, 0) is 11.3 Å². The number of para-hydroxylation sites is 1. The molecule has 2 fully saturated rings. The first-order valence-corrected chi connectivity index (χ1v) is 7.76. The minimum atomic E-state index is -0.282. The molecule has 1 aromatic rings. The molecule has 0 radical (unpaired) electrons. The predicted molar refractivity (Wildman–Crippen MR) is 80.7 cm³/mol. The van der Waals surface area contributed by atoms with E-state index in [2.05, 4.69) is 10.6 Å². The number of amides is 1. The molecule has 1 saturated carbocycles. The van der Waals surface area contributed by atoms with Gasteiger partial charge in [0.2, 0.25) is 5.91 Å². The smallest absolute Gasteiger partial charge is 0.242 e. The Bertz CT molecular complexity index is 530. The molecule has 1 amide bonds. The van der Waals surface area contributed by atoms with E-state index < -0.39 is 0 Å². The van der Waals surface area contributed by atoms with E-state index in [1.165, 1.54) is 18.9 Å². The number of halogens is 1. The van der Waals surface area contributed by atoms with Gasteiger partial charge in [0, 0.05) is 25.7 Å². The van der Waals surface area contributed by atoms with Crippen LogP contribution in [0.3, 0.4) is 0 Å². The summed E-state index contributed by atoms with van der Waals surface area (Å²) in [6.07, 6.45) is 3.08. The van der Waals surface area contributed by atoms with Gasteiger partial charge in [-0.2, -0.15) is 0 Å². The van der Waals surface area contributed by atoms with Gasteiger partial charge in [-0.15, -0.1) is 0 Å². The monoisotopic (exact) mass is 291 g/mol. The maximum Gasteiger partial charge on any atom is 0.242 e. The lowest BCUT2D eigenvalue weighted by Crippen LogP contribution is -2.55. The van der Waals surface area contributed by atoms with Crippen molar-refractivity contribution in [1.29, 1.82) is 0 Å². The average Bonchev–Trinajstić information content (AvgIpc) is 3.29. The Balaban J connectivity index is 1.89. The normalized spacial score (nSPS) is 22.3. The zero-order valence-electron chi connectivity index (χ0n) is 12.4. The largest absolute Gasteiger partial charge is 0.355 e. The van der Waals surface area contributed by atoms with Gasteiger partial charge in [0.1, 0.15) is 11.9 Å². The lowest BCUT2D eigenvalue weighted by Gasteiger charge is -2.37. The molecular formula is C16H22FN3O. The predicted octanol–water partition coefficient (Wildman–Crippen LogP) is 1.79. The highest BCUT2D eigenvalue weighted by atomic mass is 19.1. The average molecular weight is 291 g/mol. The Morgan fingerprint density at radius 3 is 2.95 bits per heavy atom. The van der Waals surface area contributed by atoms with Gasteiger partial charge in [-0.25, -0.2) is 4.39 Å². The molecule has 1 unspecified atom stereocenters. The second-order valence-electron chi connectivity index (χ2n) is 5.81. The SMILES string of the molecule is CCC1C(=O)NCCN1c1c(F)cccc1CNC1CC1. The Hall–Kier alpha value is -1.62. The molecule has 2 N–H and O–H groups in total. The summed E-state index contributed by atoms with van der Waals surface area (Å²) in [5.74, 6) is -0.244. The topological polar surface area (TPSA) is 44.4 Å². The minimum absolute atomic E-state index is 0.00638. The maximum atomic E-state index is 14.4. The highest BCUT2D eigenvalue weighted by molar-refractivity contribution is 5.86.